The summed E-state index contributed by atoms with van der Waals surface area (Å²) in [5.74, 6) is -1.15. The van der Waals surface area contributed by atoms with Crippen molar-refractivity contribution in [2.45, 2.75) is 12.5 Å². The van der Waals surface area contributed by atoms with Crippen LogP contribution in [-0.2, 0) is 11.2 Å². The van der Waals surface area contributed by atoms with Gasteiger partial charge < -0.3 is 16.0 Å². The first kappa shape index (κ1) is 18.2. The lowest BCUT2D eigenvalue weighted by atomic mass is 10.0. The number of nitrogens with two attached hydrogens (primary N) is 1. The van der Waals surface area contributed by atoms with Gasteiger partial charge in [0.1, 0.15) is 6.04 Å². The van der Waals surface area contributed by atoms with Gasteiger partial charge in [0, 0.05) is 23.9 Å². The molecule has 0 saturated heterocycles. The number of benzene rings is 2. The Bertz CT molecular complexity index is 923. The number of H-pyrrole nitrogens is 1. The molecule has 1 heterocycles. The first-order valence-corrected chi connectivity index (χ1v) is 8.25. The number of nitrogen functional groups attached to an aromatic ring is 1. The number of carbonyl (C=O) groups excluding carboxylic acids is 2. The van der Waals surface area contributed by atoms with E-state index >= 15 is 0 Å². The standard InChI is InChI=1S/C19H19N5O3/c20-15-3-1-2-14(8-15)12-4-6-13(7-5-12)18(25)23-17(19(26)24-27)9-16-10-21-11-22-16/h1-8,10-11,17,27H,9,20H2,(H,21,22)(H,23,25)(H,24,26)/t17-/m0/s1. The van der Waals surface area contributed by atoms with Crippen molar-refractivity contribution in [3.8, 4) is 11.1 Å². The first-order valence-electron chi connectivity index (χ1n) is 8.25. The number of hydrogen-bond donors (Lipinski definition) is 5. The highest BCUT2D eigenvalue weighted by atomic mass is 16.5. The van der Waals surface area contributed by atoms with Crippen LogP contribution >= 0.6 is 0 Å². The second-order valence-corrected chi connectivity index (χ2v) is 5.97. The van der Waals surface area contributed by atoms with E-state index in [0.717, 1.165) is 11.1 Å². The number of carbonyl (C=O) groups is 2. The van der Waals surface area contributed by atoms with E-state index in [0.29, 0.717) is 16.9 Å². The summed E-state index contributed by atoms with van der Waals surface area (Å²) in [4.78, 5) is 31.1. The third-order valence-corrected chi connectivity index (χ3v) is 4.07. The van der Waals surface area contributed by atoms with Crippen molar-refractivity contribution in [2.24, 2.45) is 0 Å². The summed E-state index contributed by atoms with van der Waals surface area (Å²) in [5.41, 5.74) is 10.9. The maximum Gasteiger partial charge on any atom is 0.266 e. The number of aromatic nitrogens is 2. The van der Waals surface area contributed by atoms with Crippen molar-refractivity contribution in [1.29, 1.82) is 0 Å². The zero-order valence-electron chi connectivity index (χ0n) is 14.3. The Labute approximate surface area is 155 Å². The molecule has 1 atom stereocenters. The van der Waals surface area contributed by atoms with Gasteiger partial charge in [0.05, 0.1) is 12.0 Å². The maximum atomic E-state index is 12.5. The molecule has 0 aliphatic rings. The number of rotatable bonds is 6. The predicted octanol–water partition coefficient (Wildman–Crippen LogP) is 1.51. The fourth-order valence-electron chi connectivity index (χ4n) is 2.67. The number of aromatic amines is 1. The molecule has 3 rings (SSSR count). The van der Waals surface area contributed by atoms with Crippen molar-refractivity contribution in [2.75, 3.05) is 5.73 Å². The molecule has 0 bridgehead atoms. The van der Waals surface area contributed by atoms with Gasteiger partial charge in [-0.05, 0) is 35.4 Å². The summed E-state index contributed by atoms with van der Waals surface area (Å²) in [6, 6.07) is 13.4. The average Bonchev–Trinajstić information content (AvgIpc) is 3.20. The van der Waals surface area contributed by atoms with E-state index in [2.05, 4.69) is 15.3 Å². The minimum Gasteiger partial charge on any atom is -0.399 e. The Hall–Kier alpha value is -3.65. The largest absolute Gasteiger partial charge is 0.399 e. The molecule has 6 N–H and O–H groups in total. The van der Waals surface area contributed by atoms with Gasteiger partial charge in [0.15, 0.2) is 0 Å². The van der Waals surface area contributed by atoms with E-state index in [1.165, 1.54) is 6.33 Å². The van der Waals surface area contributed by atoms with Gasteiger partial charge in [-0.2, -0.15) is 0 Å². The summed E-state index contributed by atoms with van der Waals surface area (Å²) in [6.45, 7) is 0. The van der Waals surface area contributed by atoms with Crippen LogP contribution in [0.3, 0.4) is 0 Å². The van der Waals surface area contributed by atoms with Crippen LogP contribution in [0.5, 0.6) is 0 Å². The van der Waals surface area contributed by atoms with E-state index in [1.54, 1.807) is 42.0 Å². The SMILES string of the molecule is Nc1cccc(-c2ccc(C(=O)N[C@@H](Cc3c[nH]cn3)C(=O)NO)cc2)c1. The lowest BCUT2D eigenvalue weighted by Gasteiger charge is -2.16. The van der Waals surface area contributed by atoms with Gasteiger partial charge in [0.2, 0.25) is 0 Å². The number of hydroxylamine groups is 1. The second kappa shape index (κ2) is 8.15. The molecule has 138 valence electrons. The molecule has 8 nitrogen and oxygen atoms in total. The molecular formula is C19H19N5O3. The summed E-state index contributed by atoms with van der Waals surface area (Å²) in [5, 5.41) is 11.5. The smallest absolute Gasteiger partial charge is 0.266 e. The zero-order chi connectivity index (χ0) is 19.2. The van der Waals surface area contributed by atoms with Crippen LogP contribution in [0.4, 0.5) is 5.69 Å². The van der Waals surface area contributed by atoms with Crippen molar-refractivity contribution < 1.29 is 14.8 Å². The summed E-state index contributed by atoms with van der Waals surface area (Å²) >= 11 is 0. The van der Waals surface area contributed by atoms with Crippen molar-refractivity contribution in [1.82, 2.24) is 20.8 Å². The van der Waals surface area contributed by atoms with Crippen LogP contribution < -0.4 is 16.5 Å². The maximum absolute atomic E-state index is 12.5. The van der Waals surface area contributed by atoms with Crippen LogP contribution in [-0.4, -0.2) is 33.0 Å². The quantitative estimate of drug-likeness (QED) is 0.256. The monoisotopic (exact) mass is 365 g/mol. The van der Waals surface area contributed by atoms with Crippen molar-refractivity contribution >= 4 is 17.5 Å². The van der Waals surface area contributed by atoms with Gasteiger partial charge in [-0.25, -0.2) is 10.5 Å². The number of nitrogens with zero attached hydrogens (tertiary/aromatic N) is 1. The molecule has 0 aliphatic heterocycles. The minimum absolute atomic E-state index is 0.142. The van der Waals surface area contributed by atoms with Crippen LogP contribution in [0.25, 0.3) is 11.1 Å². The molecule has 1 aromatic heterocycles. The third kappa shape index (κ3) is 4.50. The highest BCUT2D eigenvalue weighted by molar-refractivity contribution is 5.97. The third-order valence-electron chi connectivity index (χ3n) is 4.07. The molecule has 8 heteroatoms. The van der Waals surface area contributed by atoms with Gasteiger partial charge in [-0.1, -0.05) is 24.3 Å². The zero-order valence-corrected chi connectivity index (χ0v) is 14.3. The molecular weight excluding hydrogens is 346 g/mol. The molecule has 0 saturated carbocycles. The topological polar surface area (TPSA) is 133 Å². The van der Waals surface area contributed by atoms with Gasteiger partial charge in [-0.15, -0.1) is 0 Å². The first-order chi connectivity index (χ1) is 13.1. The van der Waals surface area contributed by atoms with E-state index in [-0.39, 0.29) is 6.42 Å². The van der Waals surface area contributed by atoms with E-state index < -0.39 is 17.9 Å². The highest BCUT2D eigenvalue weighted by Gasteiger charge is 2.22. The summed E-state index contributed by atoms with van der Waals surface area (Å²) < 4.78 is 0. The summed E-state index contributed by atoms with van der Waals surface area (Å²) in [7, 11) is 0. The number of anilines is 1. The Balaban J connectivity index is 1.73. The van der Waals surface area contributed by atoms with Gasteiger partial charge >= 0.3 is 0 Å². The Morgan fingerprint density at radius 3 is 2.56 bits per heavy atom. The van der Waals surface area contributed by atoms with Crippen molar-refractivity contribution in [3.63, 3.8) is 0 Å². The molecule has 2 amide bonds. The highest BCUT2D eigenvalue weighted by Crippen LogP contribution is 2.21. The van der Waals surface area contributed by atoms with E-state index in [4.69, 9.17) is 10.9 Å². The number of nitrogens with one attached hydrogen (secondary N) is 3. The Kier molecular flexibility index (Phi) is 5.48. The van der Waals surface area contributed by atoms with Gasteiger partial charge in [-0.3, -0.25) is 14.8 Å². The molecule has 0 spiro atoms. The molecule has 0 fully saturated rings. The lowest BCUT2D eigenvalue weighted by molar-refractivity contribution is -0.131. The Morgan fingerprint density at radius 1 is 1.15 bits per heavy atom. The van der Waals surface area contributed by atoms with Crippen LogP contribution in [0.1, 0.15) is 16.1 Å². The van der Waals surface area contributed by atoms with Gasteiger partial charge in [0.25, 0.3) is 11.8 Å². The van der Waals surface area contributed by atoms with Crippen LogP contribution in [0.2, 0.25) is 0 Å². The fourth-order valence-corrected chi connectivity index (χ4v) is 2.67. The van der Waals surface area contributed by atoms with E-state index in [9.17, 15) is 9.59 Å². The molecule has 0 unspecified atom stereocenters. The normalized spacial score (nSPS) is 11.6. The molecule has 0 aliphatic carbocycles. The fraction of sp³-hybridized carbons (Fsp3) is 0.105. The molecule has 2 aromatic carbocycles. The predicted molar refractivity (Wildman–Crippen MR) is 99.8 cm³/mol. The molecule has 27 heavy (non-hydrogen) atoms. The molecule has 0 radical (unpaired) electrons. The van der Waals surface area contributed by atoms with Crippen molar-refractivity contribution in [3.05, 3.63) is 72.3 Å². The van der Waals surface area contributed by atoms with E-state index in [1.807, 2.05) is 18.2 Å². The van der Waals surface area contributed by atoms with Crippen LogP contribution in [0.15, 0.2) is 61.1 Å². The number of amides is 2. The molecule has 3 aromatic rings. The Morgan fingerprint density at radius 2 is 1.93 bits per heavy atom. The number of imidazole rings is 1. The number of hydrogen-bond acceptors (Lipinski definition) is 5. The second-order valence-electron chi connectivity index (χ2n) is 5.97. The minimum atomic E-state index is -0.959. The summed E-state index contributed by atoms with van der Waals surface area (Å²) in [6.07, 6.45) is 3.23. The average molecular weight is 365 g/mol. The van der Waals surface area contributed by atoms with Crippen LogP contribution in [0, 0.1) is 0 Å². The lowest BCUT2D eigenvalue weighted by Crippen LogP contribution is -2.47.